The van der Waals surface area contributed by atoms with Crippen molar-refractivity contribution >= 4 is 46.5 Å². The third-order valence-corrected chi connectivity index (χ3v) is 12.4. The van der Waals surface area contributed by atoms with Crippen LogP contribution in [-0.4, -0.2) is 82.9 Å². The fourth-order valence-electron chi connectivity index (χ4n) is 7.77. The Morgan fingerprint density at radius 2 is 1.49 bits per heavy atom. The van der Waals surface area contributed by atoms with Gasteiger partial charge in [-0.25, -0.2) is 19.2 Å². The zero-order valence-corrected chi connectivity index (χ0v) is 39.9. The number of benzene rings is 2. The molecule has 4 heterocycles. The van der Waals surface area contributed by atoms with Crippen molar-refractivity contribution < 1.29 is 64.7 Å². The molecular weight excluding hydrogens is 950 g/mol. The van der Waals surface area contributed by atoms with E-state index in [2.05, 4.69) is 15.3 Å². The lowest BCUT2D eigenvalue weighted by Gasteiger charge is -2.31. The minimum atomic E-state index is -5.16. The standard InChI is InChI=1S/C30H29ClF4N2O4.C17H23ClF3N3O3/c1-28(2)15-36-27-19(28)14-25(37-26(27)17-4-8-21(32)20(31)12-17)29(39,30(33,34)35)11-10-22(38)16-5-9-23(24(13-16)40-3)41-18-6-7-18;1-14(2,3)27-13(25)24-8-15(4,5)9-6-10(23-12(18)11(9)24)16(26,7-22)17(19,20)21/h4-5,8-9,12-14,18,36,39H,6-7,10-11,15H2,1-3H3;6,26H,7-8,22H2,1-5H3. The van der Waals surface area contributed by atoms with Crippen molar-refractivity contribution in [2.75, 3.05) is 37.0 Å². The molecule has 0 saturated heterocycles. The van der Waals surface area contributed by atoms with E-state index in [-0.39, 0.29) is 45.3 Å². The summed E-state index contributed by atoms with van der Waals surface area (Å²) >= 11 is 12.1. The molecule has 21 heteroatoms. The molecule has 1 amide bonds. The molecule has 2 aromatic carbocycles. The monoisotopic (exact) mass is 1000 g/mol. The highest BCUT2D eigenvalue weighted by atomic mass is 35.5. The lowest BCUT2D eigenvalue weighted by molar-refractivity contribution is -0.270. The van der Waals surface area contributed by atoms with Gasteiger partial charge in [0.05, 0.1) is 46.7 Å². The van der Waals surface area contributed by atoms with Gasteiger partial charge in [-0.15, -0.1) is 0 Å². The summed E-state index contributed by atoms with van der Waals surface area (Å²) in [6.45, 7) is 11.7. The third-order valence-electron chi connectivity index (χ3n) is 11.9. The van der Waals surface area contributed by atoms with Gasteiger partial charge in [0.15, 0.2) is 22.4 Å². The first kappa shape index (κ1) is 52.4. The van der Waals surface area contributed by atoms with Crippen molar-refractivity contribution in [3.63, 3.8) is 0 Å². The summed E-state index contributed by atoms with van der Waals surface area (Å²) in [5.74, 6) is -0.556. The van der Waals surface area contributed by atoms with E-state index < -0.39 is 88.5 Å². The van der Waals surface area contributed by atoms with Crippen LogP contribution in [0.15, 0.2) is 48.5 Å². The Kier molecular flexibility index (Phi) is 14.2. The molecule has 4 aromatic rings. The molecule has 7 rings (SSSR count). The van der Waals surface area contributed by atoms with Crippen LogP contribution in [0.1, 0.15) is 107 Å². The number of nitrogens with zero attached hydrogens (tertiary/aromatic N) is 3. The summed E-state index contributed by atoms with van der Waals surface area (Å²) in [7, 11) is 1.41. The Bertz CT molecular complexity index is 2600. The molecule has 2 atom stereocenters. The lowest BCUT2D eigenvalue weighted by Crippen LogP contribution is -2.49. The van der Waals surface area contributed by atoms with Gasteiger partial charge in [0.25, 0.3) is 0 Å². The van der Waals surface area contributed by atoms with Crippen molar-refractivity contribution in [1.29, 1.82) is 0 Å². The molecule has 2 unspecified atom stereocenters. The van der Waals surface area contributed by atoms with Crippen molar-refractivity contribution in [2.45, 2.75) is 120 Å². The van der Waals surface area contributed by atoms with Gasteiger partial charge < -0.3 is 35.5 Å². The van der Waals surface area contributed by atoms with Gasteiger partial charge >= 0.3 is 18.4 Å². The highest BCUT2D eigenvalue weighted by Crippen LogP contribution is 2.50. The van der Waals surface area contributed by atoms with Gasteiger partial charge in [-0.3, -0.25) is 9.69 Å². The van der Waals surface area contributed by atoms with Crippen LogP contribution in [0.2, 0.25) is 10.2 Å². The van der Waals surface area contributed by atoms with Crippen LogP contribution in [-0.2, 0) is 26.8 Å². The average Bonchev–Trinajstić information content (AvgIpc) is 3.94. The second-order valence-corrected chi connectivity index (χ2v) is 20.1. The molecule has 2 aliphatic heterocycles. The number of ether oxygens (including phenoxy) is 3. The number of methoxy groups -OCH3 is 1. The summed E-state index contributed by atoms with van der Waals surface area (Å²) in [6, 6.07) is 10.5. The SMILES string of the molecule is CC(C)(C)OC(=O)N1CC(C)(C)c2cc(C(O)(CN)C(F)(F)F)nc(Cl)c21.COc1cc(C(=O)CCC(O)(c2cc3c(c(-c4ccc(F)c(Cl)c4)n2)NCC3(C)C)C(F)(F)F)ccc1OC1CC1. The maximum Gasteiger partial charge on any atom is 0.424 e. The number of pyridine rings is 2. The predicted molar refractivity (Wildman–Crippen MR) is 241 cm³/mol. The van der Waals surface area contributed by atoms with E-state index in [1.165, 1.54) is 42.3 Å². The minimum Gasteiger partial charge on any atom is -0.493 e. The van der Waals surface area contributed by atoms with Crippen molar-refractivity contribution in [1.82, 2.24) is 9.97 Å². The highest BCUT2D eigenvalue weighted by molar-refractivity contribution is 6.33. The van der Waals surface area contributed by atoms with Gasteiger partial charge in [0.1, 0.15) is 11.4 Å². The topological polar surface area (TPSA) is 169 Å². The van der Waals surface area contributed by atoms with E-state index in [0.717, 1.165) is 25.0 Å². The second-order valence-electron chi connectivity index (χ2n) is 19.3. The number of nitrogens with two attached hydrogens (primary N) is 1. The van der Waals surface area contributed by atoms with E-state index in [4.69, 9.17) is 43.1 Å². The van der Waals surface area contributed by atoms with E-state index >= 15 is 0 Å². The molecule has 0 bridgehead atoms. The molecule has 2 aromatic heterocycles. The number of hydrogen-bond donors (Lipinski definition) is 4. The molecule has 5 N–H and O–H groups in total. The number of anilines is 2. The fourth-order valence-corrected chi connectivity index (χ4v) is 8.25. The summed E-state index contributed by atoms with van der Waals surface area (Å²) in [5.41, 5.74) is -3.08. The van der Waals surface area contributed by atoms with Crippen LogP contribution in [0.25, 0.3) is 11.3 Å². The molecule has 1 fully saturated rings. The molecule has 0 radical (unpaired) electrons. The summed E-state index contributed by atoms with van der Waals surface area (Å²) in [5, 5.41) is 24.0. The van der Waals surface area contributed by atoms with Crippen LogP contribution in [0.5, 0.6) is 11.5 Å². The highest BCUT2D eigenvalue weighted by Gasteiger charge is 2.58. The van der Waals surface area contributed by atoms with Crippen LogP contribution in [0, 0.1) is 5.82 Å². The van der Waals surface area contributed by atoms with E-state index in [1.54, 1.807) is 40.7 Å². The smallest absolute Gasteiger partial charge is 0.424 e. The molecule has 1 saturated carbocycles. The first-order valence-corrected chi connectivity index (χ1v) is 22.2. The number of ketones is 1. The Balaban J connectivity index is 0.000000245. The minimum absolute atomic E-state index is 0.0862. The van der Waals surface area contributed by atoms with Gasteiger partial charge in [0, 0.05) is 48.0 Å². The molecule has 0 spiro atoms. The predicted octanol–water partition coefficient (Wildman–Crippen LogP) is 10.7. The van der Waals surface area contributed by atoms with Crippen LogP contribution >= 0.6 is 23.2 Å². The number of fused-ring (bicyclic) bond motifs is 2. The number of nitrogens with one attached hydrogen (secondary N) is 1. The van der Waals surface area contributed by atoms with E-state index in [1.807, 2.05) is 13.8 Å². The lowest BCUT2D eigenvalue weighted by atomic mass is 9.83. The van der Waals surface area contributed by atoms with Crippen molar-refractivity contribution in [2.24, 2.45) is 5.73 Å². The Hall–Kier alpha value is -4.95. The zero-order chi connectivity index (χ0) is 50.7. The second kappa shape index (κ2) is 18.4. The number of carbonyl (C=O) groups is 2. The van der Waals surface area contributed by atoms with Gasteiger partial charge in [-0.2, -0.15) is 26.3 Å². The number of alkyl halides is 6. The fraction of sp³-hybridized carbons (Fsp3) is 0.489. The summed E-state index contributed by atoms with van der Waals surface area (Å²) in [6.07, 6.45) is -10.6. The Morgan fingerprint density at radius 1 is 0.868 bits per heavy atom. The quantitative estimate of drug-likeness (QED) is 0.0641. The molecule has 3 aliphatic rings. The number of rotatable bonds is 11. The maximum atomic E-state index is 14.6. The Labute approximate surface area is 398 Å². The number of halogens is 9. The number of hydrogen-bond acceptors (Lipinski definition) is 11. The van der Waals surface area contributed by atoms with Crippen LogP contribution in [0.4, 0.5) is 46.9 Å². The largest absolute Gasteiger partial charge is 0.493 e. The zero-order valence-electron chi connectivity index (χ0n) is 38.4. The van der Waals surface area contributed by atoms with Crippen molar-refractivity contribution in [3.8, 4) is 22.8 Å². The third kappa shape index (κ3) is 10.5. The first-order valence-electron chi connectivity index (χ1n) is 21.4. The summed E-state index contributed by atoms with van der Waals surface area (Å²) in [4.78, 5) is 34.8. The normalized spacial score (nSPS) is 18.0. The molecule has 12 nitrogen and oxygen atoms in total. The molecule has 68 heavy (non-hydrogen) atoms. The van der Waals surface area contributed by atoms with Crippen LogP contribution in [0.3, 0.4) is 0 Å². The molecule has 1 aliphatic carbocycles. The van der Waals surface area contributed by atoms with Gasteiger partial charge in [0.2, 0.25) is 11.2 Å². The number of carbonyl (C=O) groups excluding carboxylic acids is 2. The summed E-state index contributed by atoms with van der Waals surface area (Å²) < 4.78 is 114. The molecule has 370 valence electrons. The molecular formula is C47H52Cl2F7N5O7. The van der Waals surface area contributed by atoms with Gasteiger partial charge in [-0.05, 0) is 99.7 Å². The van der Waals surface area contributed by atoms with E-state index in [9.17, 15) is 50.5 Å². The average molecular weight is 1000 g/mol. The number of aromatic nitrogens is 2. The number of Topliss-reactive ketones (excluding diaryl/α,β-unsaturated/α-hetero) is 1. The van der Waals surface area contributed by atoms with Gasteiger partial charge in [-0.1, -0.05) is 50.9 Å². The van der Waals surface area contributed by atoms with Crippen LogP contribution < -0.4 is 25.4 Å². The first-order chi connectivity index (χ1) is 31.3. The van der Waals surface area contributed by atoms with Crippen molar-refractivity contribution in [3.05, 3.63) is 92.6 Å². The van der Waals surface area contributed by atoms with E-state index in [0.29, 0.717) is 34.9 Å². The Morgan fingerprint density at radius 3 is 2.04 bits per heavy atom. The number of amides is 1. The maximum absolute atomic E-state index is 14.6. The number of aliphatic hydroxyl groups is 2.